The Morgan fingerprint density at radius 1 is 1.25 bits per heavy atom. The summed E-state index contributed by atoms with van der Waals surface area (Å²) >= 11 is 0. The molecule has 1 aromatic rings. The molecule has 2 fully saturated rings. The molecule has 2 atom stereocenters. The molecule has 1 amide bonds. The van der Waals surface area contributed by atoms with Crippen LogP contribution in [0.5, 0.6) is 11.5 Å². The molecule has 1 aromatic carbocycles. The van der Waals surface area contributed by atoms with Gasteiger partial charge in [-0.1, -0.05) is 0 Å². The molecule has 32 heavy (non-hydrogen) atoms. The lowest BCUT2D eigenvalue weighted by Crippen LogP contribution is -2.55. The van der Waals surface area contributed by atoms with Crippen molar-refractivity contribution in [1.29, 1.82) is 0 Å². The van der Waals surface area contributed by atoms with E-state index in [0.717, 1.165) is 18.8 Å². The van der Waals surface area contributed by atoms with Gasteiger partial charge in [-0.2, -0.15) is 0 Å². The predicted molar refractivity (Wildman–Crippen MR) is 133 cm³/mol. The van der Waals surface area contributed by atoms with Crippen molar-refractivity contribution in [3.05, 3.63) is 23.8 Å². The van der Waals surface area contributed by atoms with E-state index >= 15 is 0 Å². The van der Waals surface area contributed by atoms with Crippen LogP contribution in [0.1, 0.15) is 31.4 Å². The second-order valence-corrected chi connectivity index (χ2v) is 7.63. The summed E-state index contributed by atoms with van der Waals surface area (Å²) in [7, 11) is 3.16. The molecule has 180 valence electrons. The molecule has 0 aliphatic carbocycles. The van der Waals surface area contributed by atoms with Gasteiger partial charge in [0.05, 0.1) is 20.8 Å². The highest BCUT2D eigenvalue weighted by Crippen LogP contribution is 2.29. The van der Waals surface area contributed by atoms with Crippen molar-refractivity contribution in [2.45, 2.75) is 32.0 Å². The Morgan fingerprint density at radius 2 is 1.97 bits per heavy atom. The van der Waals surface area contributed by atoms with Crippen LogP contribution < -0.4 is 14.8 Å². The minimum atomic E-state index is -0.832. The van der Waals surface area contributed by atoms with Crippen LogP contribution in [0.3, 0.4) is 0 Å². The maximum atomic E-state index is 12.6. The van der Waals surface area contributed by atoms with E-state index in [0.29, 0.717) is 56.4 Å². The number of amides is 1. The number of rotatable bonds is 7. The van der Waals surface area contributed by atoms with E-state index in [-0.39, 0.29) is 42.5 Å². The summed E-state index contributed by atoms with van der Waals surface area (Å²) in [5.41, 5.74) is 0.633. The molecular formula is C22H35IN4O5. The summed E-state index contributed by atoms with van der Waals surface area (Å²) in [6, 6.07) is 5.33. The summed E-state index contributed by atoms with van der Waals surface area (Å²) in [5.74, 6) is 2.07. The maximum absolute atomic E-state index is 12.6. The molecule has 2 unspecified atom stereocenters. The van der Waals surface area contributed by atoms with Gasteiger partial charge in [0.2, 0.25) is 0 Å². The van der Waals surface area contributed by atoms with Crippen LogP contribution in [0.15, 0.2) is 23.2 Å². The second kappa shape index (κ2) is 13.0. The Hall–Kier alpha value is -1.79. The van der Waals surface area contributed by atoms with Gasteiger partial charge in [0.1, 0.15) is 23.7 Å². The molecule has 10 heteroatoms. The van der Waals surface area contributed by atoms with Gasteiger partial charge < -0.3 is 34.4 Å². The SMILES string of the molecule is CCNC(=NCC(O)c1cc(OC)ccc1OC)N1CCN(C(=O)C2CCCO2)CC1.I. The maximum Gasteiger partial charge on any atom is 0.251 e. The summed E-state index contributed by atoms with van der Waals surface area (Å²) in [6.07, 6.45) is 0.658. The van der Waals surface area contributed by atoms with Gasteiger partial charge in [-0.25, -0.2) is 0 Å². The minimum absolute atomic E-state index is 0. The standard InChI is InChI=1S/C22H34N4O5.HI/c1-4-23-22(24-15-18(27)17-14-16(29-2)7-8-19(17)30-3)26-11-9-25(10-12-26)21(28)20-6-5-13-31-20;/h7-8,14,18,20,27H,4-6,9-13,15H2,1-3H3,(H,23,24);1H. The van der Waals surface area contributed by atoms with Crippen LogP contribution in [-0.4, -0.2) is 93.0 Å². The number of carbonyl (C=O) groups excluding carboxylic acids is 1. The number of carbonyl (C=O) groups is 1. The molecule has 2 aliphatic heterocycles. The average molecular weight is 562 g/mol. The first kappa shape index (κ1) is 26.5. The fourth-order valence-electron chi connectivity index (χ4n) is 3.91. The van der Waals surface area contributed by atoms with Crippen molar-refractivity contribution in [3.63, 3.8) is 0 Å². The summed E-state index contributed by atoms with van der Waals surface area (Å²) < 4.78 is 16.2. The lowest BCUT2D eigenvalue weighted by atomic mass is 10.1. The van der Waals surface area contributed by atoms with Crippen LogP contribution in [-0.2, 0) is 9.53 Å². The van der Waals surface area contributed by atoms with Crippen LogP contribution in [0.2, 0.25) is 0 Å². The van der Waals surface area contributed by atoms with E-state index in [1.807, 2.05) is 11.8 Å². The number of guanidine groups is 1. The number of benzene rings is 1. The van der Waals surface area contributed by atoms with Gasteiger partial charge in [0.25, 0.3) is 5.91 Å². The van der Waals surface area contributed by atoms with Gasteiger partial charge in [-0.15, -0.1) is 24.0 Å². The van der Waals surface area contributed by atoms with Crippen molar-refractivity contribution in [1.82, 2.24) is 15.1 Å². The van der Waals surface area contributed by atoms with Crippen LogP contribution in [0, 0.1) is 0 Å². The van der Waals surface area contributed by atoms with Gasteiger partial charge in [0, 0.05) is 44.9 Å². The lowest BCUT2D eigenvalue weighted by molar-refractivity contribution is -0.142. The van der Waals surface area contributed by atoms with E-state index in [2.05, 4.69) is 15.2 Å². The smallest absolute Gasteiger partial charge is 0.251 e. The topological polar surface area (TPSA) is 95.9 Å². The molecule has 0 saturated carbocycles. The average Bonchev–Trinajstić information content (AvgIpc) is 3.35. The number of nitrogens with zero attached hydrogens (tertiary/aromatic N) is 3. The van der Waals surface area contributed by atoms with Crippen LogP contribution >= 0.6 is 24.0 Å². The van der Waals surface area contributed by atoms with Crippen molar-refractivity contribution in [2.24, 2.45) is 4.99 Å². The van der Waals surface area contributed by atoms with E-state index in [1.54, 1.807) is 32.4 Å². The Labute approximate surface area is 207 Å². The number of ether oxygens (including phenoxy) is 3. The number of methoxy groups -OCH3 is 2. The van der Waals surface area contributed by atoms with Crippen LogP contribution in [0.4, 0.5) is 0 Å². The molecule has 3 rings (SSSR count). The largest absolute Gasteiger partial charge is 0.497 e. The van der Waals surface area contributed by atoms with Crippen molar-refractivity contribution >= 4 is 35.8 Å². The Kier molecular flexibility index (Phi) is 10.8. The monoisotopic (exact) mass is 562 g/mol. The van der Waals surface area contributed by atoms with E-state index in [1.165, 1.54) is 0 Å². The fraction of sp³-hybridized carbons (Fsp3) is 0.636. The molecule has 2 aliphatic rings. The molecule has 2 saturated heterocycles. The van der Waals surface area contributed by atoms with Gasteiger partial charge >= 0.3 is 0 Å². The third-order valence-corrected chi connectivity index (χ3v) is 5.64. The zero-order valence-electron chi connectivity index (χ0n) is 19.1. The first-order valence-electron chi connectivity index (χ1n) is 10.9. The molecular weight excluding hydrogens is 527 g/mol. The van der Waals surface area contributed by atoms with Crippen molar-refractivity contribution in [2.75, 3.05) is 60.1 Å². The lowest BCUT2D eigenvalue weighted by Gasteiger charge is -2.37. The van der Waals surface area contributed by atoms with Crippen molar-refractivity contribution in [3.8, 4) is 11.5 Å². The molecule has 2 heterocycles. The molecule has 2 N–H and O–H groups in total. The molecule has 9 nitrogen and oxygen atoms in total. The summed E-state index contributed by atoms with van der Waals surface area (Å²) in [6.45, 7) is 6.21. The van der Waals surface area contributed by atoms with Gasteiger partial charge in [-0.3, -0.25) is 9.79 Å². The number of aliphatic imine (C=N–C) groups is 1. The Morgan fingerprint density at radius 3 is 2.56 bits per heavy atom. The highest BCUT2D eigenvalue weighted by atomic mass is 127. The van der Waals surface area contributed by atoms with E-state index in [9.17, 15) is 9.90 Å². The van der Waals surface area contributed by atoms with Gasteiger partial charge in [0.15, 0.2) is 5.96 Å². The van der Waals surface area contributed by atoms with Crippen LogP contribution in [0.25, 0.3) is 0 Å². The Balaban J connectivity index is 0.00000363. The molecule has 0 aromatic heterocycles. The fourth-order valence-corrected chi connectivity index (χ4v) is 3.91. The predicted octanol–water partition coefficient (Wildman–Crippen LogP) is 1.64. The number of nitrogens with one attached hydrogen (secondary N) is 1. The third kappa shape index (κ3) is 6.61. The zero-order valence-corrected chi connectivity index (χ0v) is 21.4. The first-order valence-corrected chi connectivity index (χ1v) is 10.9. The van der Waals surface area contributed by atoms with E-state index < -0.39 is 6.10 Å². The number of halogens is 1. The van der Waals surface area contributed by atoms with E-state index in [4.69, 9.17) is 14.2 Å². The Bertz CT molecular complexity index is 765. The highest BCUT2D eigenvalue weighted by molar-refractivity contribution is 14.0. The number of piperazine rings is 1. The summed E-state index contributed by atoms with van der Waals surface area (Å²) in [4.78, 5) is 21.2. The third-order valence-electron chi connectivity index (χ3n) is 5.64. The highest BCUT2D eigenvalue weighted by Gasteiger charge is 2.31. The number of hydrogen-bond acceptors (Lipinski definition) is 6. The number of aliphatic hydroxyl groups excluding tert-OH is 1. The number of hydrogen-bond donors (Lipinski definition) is 2. The molecule has 0 radical (unpaired) electrons. The first-order chi connectivity index (χ1) is 15.1. The normalized spacial score (nSPS) is 19.9. The zero-order chi connectivity index (χ0) is 22.2. The minimum Gasteiger partial charge on any atom is -0.497 e. The molecule has 0 spiro atoms. The molecule has 0 bridgehead atoms. The quantitative estimate of drug-likeness (QED) is 0.297. The second-order valence-electron chi connectivity index (χ2n) is 7.63. The van der Waals surface area contributed by atoms with Crippen molar-refractivity contribution < 1.29 is 24.1 Å². The summed E-state index contributed by atoms with van der Waals surface area (Å²) in [5, 5.41) is 14.0. The number of aliphatic hydroxyl groups is 1. The van der Waals surface area contributed by atoms with Gasteiger partial charge in [-0.05, 0) is 38.0 Å².